The van der Waals surface area contributed by atoms with Gasteiger partial charge in [0, 0.05) is 31.7 Å². The monoisotopic (exact) mass is 461 g/mol. The Hall–Kier alpha value is -3.42. The highest BCUT2D eigenvalue weighted by Gasteiger charge is 2.32. The molecule has 2 aliphatic rings. The van der Waals surface area contributed by atoms with Crippen LogP contribution in [-0.4, -0.2) is 68.4 Å². The average Bonchev–Trinajstić information content (AvgIpc) is 3.54. The van der Waals surface area contributed by atoms with Gasteiger partial charge in [0.1, 0.15) is 18.6 Å². The van der Waals surface area contributed by atoms with Crippen molar-refractivity contribution in [2.24, 2.45) is 0 Å². The Balaban J connectivity index is 1.32. The number of aromatic nitrogens is 3. The fraction of sp³-hybridized carbons (Fsp3) is 0.462. The number of hydrogen-bond acceptors (Lipinski definition) is 5. The first-order valence-electron chi connectivity index (χ1n) is 12.1. The molecule has 0 spiro atoms. The molecule has 178 valence electrons. The van der Waals surface area contributed by atoms with Gasteiger partial charge in [0.2, 0.25) is 17.7 Å². The Labute approximate surface area is 199 Å². The molecule has 2 aromatic heterocycles. The molecule has 4 heterocycles. The molecule has 8 nitrogen and oxygen atoms in total. The van der Waals surface area contributed by atoms with Crippen LogP contribution in [0.2, 0.25) is 0 Å². The highest BCUT2D eigenvalue weighted by atomic mass is 16.5. The van der Waals surface area contributed by atoms with Gasteiger partial charge in [0.05, 0.1) is 18.0 Å². The number of aryl methyl sites for hydroxylation is 1. The molecule has 0 bridgehead atoms. The second-order valence-electron chi connectivity index (χ2n) is 9.27. The number of nitrogens with zero attached hydrogens (tertiary/aromatic N) is 5. The van der Waals surface area contributed by atoms with Crippen LogP contribution in [0.1, 0.15) is 42.5 Å². The first-order valence-corrected chi connectivity index (χ1v) is 12.1. The lowest BCUT2D eigenvalue weighted by Crippen LogP contribution is -2.45. The maximum atomic E-state index is 12.9. The van der Waals surface area contributed by atoms with Crippen LogP contribution < -0.4 is 4.74 Å². The summed E-state index contributed by atoms with van der Waals surface area (Å²) in [5.41, 5.74) is 4.31. The summed E-state index contributed by atoms with van der Waals surface area (Å²) in [6.07, 6.45) is 4.77. The molecule has 2 saturated heterocycles. The molecule has 8 heteroatoms. The summed E-state index contributed by atoms with van der Waals surface area (Å²) in [5.74, 6) is 0.649. The minimum atomic E-state index is -0.0111. The Morgan fingerprint density at radius 2 is 1.94 bits per heavy atom. The van der Waals surface area contributed by atoms with Gasteiger partial charge in [-0.25, -0.2) is 9.97 Å². The first-order chi connectivity index (χ1) is 16.5. The van der Waals surface area contributed by atoms with E-state index in [9.17, 15) is 9.59 Å². The van der Waals surface area contributed by atoms with E-state index in [0.717, 1.165) is 48.1 Å². The van der Waals surface area contributed by atoms with Gasteiger partial charge in [0.25, 0.3) is 0 Å². The predicted octanol–water partition coefficient (Wildman–Crippen LogP) is 3.09. The van der Waals surface area contributed by atoms with Crippen LogP contribution in [0.5, 0.6) is 5.88 Å². The third-order valence-corrected chi connectivity index (χ3v) is 7.16. The number of benzene rings is 1. The maximum absolute atomic E-state index is 12.9. The van der Waals surface area contributed by atoms with E-state index >= 15 is 0 Å². The van der Waals surface area contributed by atoms with Crippen molar-refractivity contribution in [1.29, 1.82) is 0 Å². The van der Waals surface area contributed by atoms with Crippen molar-refractivity contribution >= 4 is 22.8 Å². The molecule has 2 amide bonds. The lowest BCUT2D eigenvalue weighted by Gasteiger charge is -2.27. The summed E-state index contributed by atoms with van der Waals surface area (Å²) >= 11 is 0. The highest BCUT2D eigenvalue weighted by molar-refractivity contribution is 5.87. The molecule has 0 N–H and O–H groups in total. The second-order valence-corrected chi connectivity index (χ2v) is 9.27. The van der Waals surface area contributed by atoms with E-state index in [4.69, 9.17) is 4.74 Å². The zero-order valence-electron chi connectivity index (χ0n) is 19.9. The quantitative estimate of drug-likeness (QED) is 0.540. The molecule has 0 saturated carbocycles. The van der Waals surface area contributed by atoms with Crippen LogP contribution >= 0.6 is 0 Å². The van der Waals surface area contributed by atoms with Crippen LogP contribution in [-0.2, 0) is 16.1 Å². The number of fused-ring (bicyclic) bond motifs is 1. The van der Waals surface area contributed by atoms with Crippen LogP contribution in [0.4, 0.5) is 0 Å². The van der Waals surface area contributed by atoms with E-state index in [1.54, 1.807) is 11.2 Å². The van der Waals surface area contributed by atoms with E-state index in [1.807, 2.05) is 23.1 Å². The van der Waals surface area contributed by atoms with Gasteiger partial charge in [-0.3, -0.25) is 9.59 Å². The van der Waals surface area contributed by atoms with E-state index in [-0.39, 0.29) is 24.4 Å². The van der Waals surface area contributed by atoms with Crippen LogP contribution in [0, 0.1) is 13.8 Å². The van der Waals surface area contributed by atoms with Gasteiger partial charge < -0.3 is 19.1 Å². The van der Waals surface area contributed by atoms with Crippen LogP contribution in [0.25, 0.3) is 11.0 Å². The maximum Gasteiger partial charge on any atom is 0.242 e. The molecule has 2 fully saturated rings. The molecule has 0 aliphatic carbocycles. The number of ether oxygens (including phenoxy) is 1. The lowest BCUT2D eigenvalue weighted by molar-refractivity contribution is -0.139. The lowest BCUT2D eigenvalue weighted by atomic mass is 10.2. The van der Waals surface area contributed by atoms with E-state index < -0.39 is 0 Å². The number of carbonyl (C=O) groups excluding carboxylic acids is 2. The van der Waals surface area contributed by atoms with E-state index in [2.05, 4.69) is 40.5 Å². The van der Waals surface area contributed by atoms with Crippen molar-refractivity contribution in [2.75, 3.05) is 26.2 Å². The van der Waals surface area contributed by atoms with Crippen molar-refractivity contribution in [3.05, 3.63) is 53.5 Å². The molecule has 5 rings (SSSR count). The minimum Gasteiger partial charge on any atom is -0.475 e. The summed E-state index contributed by atoms with van der Waals surface area (Å²) in [4.78, 5) is 37.4. The summed E-state index contributed by atoms with van der Waals surface area (Å²) in [6, 6.07) is 10.3. The fourth-order valence-corrected chi connectivity index (χ4v) is 5.14. The minimum absolute atomic E-state index is 0.00947. The number of amides is 2. The number of rotatable bonds is 7. The molecule has 1 aromatic carbocycles. The normalized spacial score (nSPS) is 18.3. The van der Waals surface area contributed by atoms with Crippen molar-refractivity contribution in [3.63, 3.8) is 0 Å². The third kappa shape index (κ3) is 4.24. The number of carbonyl (C=O) groups is 2. The Kier molecular flexibility index (Phi) is 6.22. The summed E-state index contributed by atoms with van der Waals surface area (Å²) in [6.45, 7) is 6.85. The Morgan fingerprint density at radius 1 is 1.12 bits per heavy atom. The molecular formula is C26H31N5O3. The Morgan fingerprint density at radius 3 is 2.71 bits per heavy atom. The smallest absolute Gasteiger partial charge is 0.242 e. The van der Waals surface area contributed by atoms with Crippen molar-refractivity contribution in [1.82, 2.24) is 24.3 Å². The van der Waals surface area contributed by atoms with Crippen LogP contribution in [0.15, 0.2) is 36.7 Å². The van der Waals surface area contributed by atoms with Gasteiger partial charge in [-0.05, 0) is 44.2 Å². The standard InChI is InChI=1S/C26H31N5O3/c1-18-19(2)31(14-20-8-4-3-5-9-20)25-24(18)26(28-17-27-25)34-16-21-10-6-13-30(21)23(33)15-29-12-7-11-22(29)32/h3-5,8-9,17,21H,6-7,10-16H2,1-2H3. The second kappa shape index (κ2) is 9.44. The zero-order chi connectivity index (χ0) is 23.7. The van der Waals surface area contributed by atoms with E-state index in [0.29, 0.717) is 32.0 Å². The SMILES string of the molecule is Cc1c(C)n(Cc2ccccc2)c2ncnc(OCC3CCCN3C(=O)CN3CCCC3=O)c12. The molecule has 1 unspecified atom stereocenters. The first kappa shape index (κ1) is 22.4. The molecule has 1 atom stereocenters. The van der Waals surface area contributed by atoms with Gasteiger partial charge in [-0.1, -0.05) is 30.3 Å². The molecule has 34 heavy (non-hydrogen) atoms. The van der Waals surface area contributed by atoms with Gasteiger partial charge in [-0.2, -0.15) is 0 Å². The van der Waals surface area contributed by atoms with Crippen LogP contribution in [0.3, 0.4) is 0 Å². The average molecular weight is 462 g/mol. The van der Waals surface area contributed by atoms with Gasteiger partial charge >= 0.3 is 0 Å². The summed E-state index contributed by atoms with van der Waals surface area (Å²) in [5, 5.41) is 0.925. The highest BCUT2D eigenvalue weighted by Crippen LogP contribution is 2.31. The van der Waals surface area contributed by atoms with Gasteiger partial charge in [-0.15, -0.1) is 0 Å². The molecule has 2 aliphatic heterocycles. The fourth-order valence-electron chi connectivity index (χ4n) is 5.14. The van der Waals surface area contributed by atoms with Crippen molar-refractivity contribution in [3.8, 4) is 5.88 Å². The van der Waals surface area contributed by atoms with Gasteiger partial charge in [0.15, 0.2) is 0 Å². The van der Waals surface area contributed by atoms with E-state index in [1.165, 1.54) is 5.56 Å². The van der Waals surface area contributed by atoms with Crippen molar-refractivity contribution < 1.29 is 14.3 Å². The molecule has 3 aromatic rings. The predicted molar refractivity (Wildman–Crippen MR) is 129 cm³/mol. The zero-order valence-corrected chi connectivity index (χ0v) is 19.9. The number of hydrogen-bond donors (Lipinski definition) is 0. The van der Waals surface area contributed by atoms with Crippen molar-refractivity contribution in [2.45, 2.75) is 52.1 Å². The Bertz CT molecular complexity index is 1210. The molecular weight excluding hydrogens is 430 g/mol. The third-order valence-electron chi connectivity index (χ3n) is 7.16. The summed E-state index contributed by atoms with van der Waals surface area (Å²) < 4.78 is 8.44. The summed E-state index contributed by atoms with van der Waals surface area (Å²) in [7, 11) is 0. The molecule has 0 radical (unpaired) electrons. The topological polar surface area (TPSA) is 80.6 Å². The number of likely N-dealkylation sites (tertiary alicyclic amines) is 2. The largest absolute Gasteiger partial charge is 0.475 e.